The Morgan fingerprint density at radius 1 is 1.29 bits per heavy atom. The fourth-order valence-corrected chi connectivity index (χ4v) is 4.65. The van der Waals surface area contributed by atoms with Crippen molar-refractivity contribution < 1.29 is 47.2 Å². The summed E-state index contributed by atoms with van der Waals surface area (Å²) in [5.41, 5.74) is -1.50. The van der Waals surface area contributed by atoms with E-state index in [0.717, 1.165) is 20.8 Å². The molecule has 34 heavy (non-hydrogen) atoms. The molecule has 0 bridgehead atoms. The Bertz CT molecular complexity index is 1190. The lowest BCUT2D eigenvalue weighted by Gasteiger charge is -2.28. The third kappa shape index (κ3) is 5.34. The molecule has 190 valence electrons. The summed E-state index contributed by atoms with van der Waals surface area (Å²) in [7, 11) is -4.41. The molecule has 4 unspecified atom stereocenters. The number of hydrogen-bond donors (Lipinski definition) is 5. The fraction of sp³-hybridized carbons (Fsp3) is 0.632. The zero-order chi connectivity index (χ0) is 25.8. The summed E-state index contributed by atoms with van der Waals surface area (Å²) in [6.45, 7) is 4.82. The van der Waals surface area contributed by atoms with E-state index < -0.39 is 55.3 Å². The molecule has 0 aliphatic carbocycles. The zero-order valence-corrected chi connectivity index (χ0v) is 20.3. The Morgan fingerprint density at radius 2 is 1.91 bits per heavy atom. The van der Waals surface area contributed by atoms with Crippen molar-refractivity contribution in [1.82, 2.24) is 15.0 Å². The number of aromatic amines is 1. The van der Waals surface area contributed by atoms with E-state index in [4.69, 9.17) is 21.5 Å². The number of nitrogens with one attached hydrogen (secondary N) is 1. The summed E-state index contributed by atoms with van der Waals surface area (Å²) < 4.78 is 62.3. The van der Waals surface area contributed by atoms with Crippen LogP contribution in [0.1, 0.15) is 50.2 Å². The number of aliphatic hydroxyl groups excluding tert-OH is 2. The van der Waals surface area contributed by atoms with E-state index in [-0.39, 0.29) is 33.5 Å². The normalized spacial score (nSPS) is 26.6. The largest absolute Gasteiger partial charge is 0.435 e. The van der Waals surface area contributed by atoms with Gasteiger partial charge in [-0.2, -0.15) is 13.2 Å². The number of H-pyrrole nitrogens is 1. The molecule has 1 aliphatic heterocycles. The number of aryl methyl sites for hydroxylation is 1. The van der Waals surface area contributed by atoms with Gasteiger partial charge in [0, 0.05) is 12.0 Å². The van der Waals surface area contributed by atoms with Crippen LogP contribution in [0.3, 0.4) is 0 Å². The molecule has 2 aromatic rings. The Hall–Kier alpha value is -1.51. The van der Waals surface area contributed by atoms with Crippen LogP contribution in [0.4, 0.5) is 13.2 Å². The van der Waals surface area contributed by atoms with Gasteiger partial charge >= 0.3 is 13.8 Å². The smallest absolute Gasteiger partial charge is 0.388 e. The molecule has 1 saturated heterocycles. The number of ether oxygens (including phenoxy) is 1. The van der Waals surface area contributed by atoms with Gasteiger partial charge in [0.15, 0.2) is 16.7 Å². The highest BCUT2D eigenvalue weighted by Gasteiger charge is 2.46. The van der Waals surface area contributed by atoms with Gasteiger partial charge in [0.1, 0.15) is 28.5 Å². The van der Waals surface area contributed by atoms with Gasteiger partial charge in [0.2, 0.25) is 0 Å². The van der Waals surface area contributed by atoms with Crippen LogP contribution in [-0.2, 0) is 20.0 Å². The van der Waals surface area contributed by atoms with Crippen molar-refractivity contribution in [3.8, 4) is 0 Å². The first-order chi connectivity index (χ1) is 15.4. The number of nitrogens with zero attached hydrogens (tertiary/aromatic N) is 2. The van der Waals surface area contributed by atoms with E-state index >= 15 is 0 Å². The van der Waals surface area contributed by atoms with Crippen LogP contribution in [0.15, 0.2) is 6.07 Å². The van der Waals surface area contributed by atoms with Gasteiger partial charge in [-0.15, -0.1) is 0 Å². The van der Waals surface area contributed by atoms with Gasteiger partial charge in [-0.3, -0.25) is 4.57 Å². The minimum Gasteiger partial charge on any atom is -0.388 e. The number of aliphatic hydroxyl groups is 3. The molecule has 1 fully saturated rings. The zero-order valence-electron chi connectivity index (χ0n) is 18.6. The number of pyridine rings is 1. The summed E-state index contributed by atoms with van der Waals surface area (Å²) in [5.74, 6) is 0. The third-order valence-electron chi connectivity index (χ3n) is 5.40. The molecule has 1 aliphatic rings. The number of alkyl halides is 3. The number of fused-ring (bicyclic) bond motifs is 1. The van der Waals surface area contributed by atoms with Crippen LogP contribution in [0.5, 0.6) is 0 Å². The van der Waals surface area contributed by atoms with Crippen LogP contribution in [-0.4, -0.2) is 64.9 Å². The molecule has 2 aromatic heterocycles. The molecule has 5 N–H and O–H groups in total. The maximum absolute atomic E-state index is 13.1. The van der Waals surface area contributed by atoms with Gasteiger partial charge in [0.25, 0.3) is 0 Å². The van der Waals surface area contributed by atoms with Crippen molar-refractivity contribution in [3.05, 3.63) is 27.7 Å². The highest BCUT2D eigenvalue weighted by Crippen LogP contribution is 2.55. The lowest BCUT2D eigenvalue weighted by molar-refractivity contribution is -0.141. The monoisotopic (exact) mass is 527 g/mol. The molecular formula is C19H25F3N3O7PS. The second-order valence-corrected chi connectivity index (χ2v) is 11.4. The van der Waals surface area contributed by atoms with Crippen LogP contribution in [0, 0.1) is 11.6 Å². The molecule has 0 amide bonds. The second-order valence-electron chi connectivity index (χ2n) is 8.69. The molecule has 0 spiro atoms. The Labute approximate surface area is 197 Å². The average Bonchev–Trinajstić information content (AvgIpc) is 2.93. The molecule has 10 nitrogen and oxygen atoms in total. The van der Waals surface area contributed by atoms with Crippen LogP contribution in [0.2, 0.25) is 0 Å². The van der Waals surface area contributed by atoms with Crippen molar-refractivity contribution in [2.45, 2.75) is 76.2 Å². The summed E-state index contributed by atoms with van der Waals surface area (Å²) in [4.78, 5) is 20.0. The van der Waals surface area contributed by atoms with Gasteiger partial charge in [0.05, 0.1) is 17.9 Å². The Kier molecular flexibility index (Phi) is 7.31. The molecule has 0 radical (unpaired) electrons. The molecule has 0 aromatic carbocycles. The summed E-state index contributed by atoms with van der Waals surface area (Å²) in [6.07, 6.45) is -10.9. The molecule has 3 heterocycles. The van der Waals surface area contributed by atoms with Crippen molar-refractivity contribution in [3.63, 3.8) is 0 Å². The maximum Gasteiger partial charge on any atom is 0.435 e. The number of halogens is 3. The first kappa shape index (κ1) is 27.1. The Balaban J connectivity index is 1.86. The first-order valence-corrected chi connectivity index (χ1v) is 12.1. The van der Waals surface area contributed by atoms with E-state index in [2.05, 4.69) is 15.0 Å². The lowest BCUT2D eigenvalue weighted by Crippen LogP contribution is -2.33. The maximum atomic E-state index is 13.1. The highest BCUT2D eigenvalue weighted by molar-refractivity contribution is 7.71. The van der Waals surface area contributed by atoms with Gasteiger partial charge in [-0.05, 0) is 33.8 Å². The van der Waals surface area contributed by atoms with E-state index in [1.54, 1.807) is 0 Å². The quantitative estimate of drug-likeness (QED) is 0.279. The molecule has 0 saturated carbocycles. The van der Waals surface area contributed by atoms with E-state index in [1.807, 2.05) is 0 Å². The summed E-state index contributed by atoms with van der Waals surface area (Å²) in [6, 6.07) is 1.33. The standard InChI is InChI=1S/C19H25F3N3O7PS/c1-7(32-33(29,30)18(3,4)28)5-11-12(26)13(27)14(31-11)9-6-10-16(25-17(9)34)24-15(8(2)23-10)19(20,21)22/h6-7,11-14,26-28H,5H2,1-4H3,(H,29,30)(H,24,25,34)/t7?,11-,12?,13?,14+/m1/s1. The predicted octanol–water partition coefficient (Wildman–Crippen LogP) is 2.89. The summed E-state index contributed by atoms with van der Waals surface area (Å²) >= 11 is 5.22. The van der Waals surface area contributed by atoms with E-state index in [9.17, 15) is 37.9 Å². The number of aromatic nitrogens is 3. The van der Waals surface area contributed by atoms with Gasteiger partial charge in [-0.1, -0.05) is 12.2 Å². The van der Waals surface area contributed by atoms with E-state index in [0.29, 0.717) is 0 Å². The van der Waals surface area contributed by atoms with Crippen LogP contribution >= 0.6 is 19.8 Å². The SMILES string of the molecule is Cc1nc2cc([C@@H]3O[C@H](CC(C)OP(=O)(O)C(C)(C)O)C(O)C3O)c(=S)[nH]c2nc1C(F)(F)F. The Morgan fingerprint density at radius 3 is 2.47 bits per heavy atom. The van der Waals surface area contributed by atoms with Crippen molar-refractivity contribution >= 4 is 31.0 Å². The van der Waals surface area contributed by atoms with Crippen molar-refractivity contribution in [2.75, 3.05) is 0 Å². The fourth-order valence-electron chi connectivity index (χ4n) is 3.55. The van der Waals surface area contributed by atoms with Gasteiger partial charge in [-0.25, -0.2) is 9.97 Å². The average molecular weight is 527 g/mol. The molecule has 6 atom stereocenters. The minimum atomic E-state index is -4.70. The van der Waals surface area contributed by atoms with Crippen LogP contribution < -0.4 is 0 Å². The minimum absolute atomic E-state index is 0.0472. The third-order valence-corrected chi connectivity index (χ3v) is 7.77. The summed E-state index contributed by atoms with van der Waals surface area (Å²) in [5, 5.41) is 28.8. The lowest BCUT2D eigenvalue weighted by atomic mass is 10.0. The topological polar surface area (TPSA) is 158 Å². The van der Waals surface area contributed by atoms with Crippen LogP contribution in [0.25, 0.3) is 11.2 Å². The molecule has 3 rings (SSSR count). The molecule has 15 heteroatoms. The number of rotatable bonds is 6. The van der Waals surface area contributed by atoms with Crippen molar-refractivity contribution in [1.29, 1.82) is 0 Å². The number of hydrogen-bond acceptors (Lipinski definition) is 9. The van der Waals surface area contributed by atoms with Gasteiger partial charge < -0.3 is 34.5 Å². The van der Waals surface area contributed by atoms with Crippen molar-refractivity contribution in [2.24, 2.45) is 0 Å². The predicted molar refractivity (Wildman–Crippen MR) is 115 cm³/mol. The first-order valence-electron chi connectivity index (χ1n) is 10.2. The second kappa shape index (κ2) is 9.17. The highest BCUT2D eigenvalue weighted by atomic mass is 32.1. The molecular weight excluding hydrogens is 502 g/mol. The van der Waals surface area contributed by atoms with E-state index in [1.165, 1.54) is 13.0 Å².